The van der Waals surface area contributed by atoms with Crippen molar-refractivity contribution in [2.45, 2.75) is 6.61 Å². The Morgan fingerprint density at radius 2 is 1.83 bits per heavy atom. The number of esters is 1. The van der Waals surface area contributed by atoms with Gasteiger partial charge >= 0.3 is 5.97 Å². The molecule has 0 amide bonds. The van der Waals surface area contributed by atoms with Gasteiger partial charge in [0.15, 0.2) is 0 Å². The standard InChI is InChI=1S/C17H16BrNO4/c1-21-16-8-4-13(5-9-16)10-19-23-12-17(20)22-11-14-2-6-15(18)7-3-14/h2-10H,11-12H2,1H3/b19-10-. The summed E-state index contributed by atoms with van der Waals surface area (Å²) in [6, 6.07) is 14.8. The maximum atomic E-state index is 11.5. The third-order valence-corrected chi connectivity index (χ3v) is 3.42. The Bertz CT molecular complexity index is 653. The molecule has 23 heavy (non-hydrogen) atoms. The van der Waals surface area contributed by atoms with Gasteiger partial charge in [-0.15, -0.1) is 0 Å². The van der Waals surface area contributed by atoms with Crippen LogP contribution in [0.1, 0.15) is 11.1 Å². The Labute approximate surface area is 143 Å². The number of carbonyl (C=O) groups is 1. The van der Waals surface area contributed by atoms with E-state index in [-0.39, 0.29) is 13.2 Å². The molecule has 5 nitrogen and oxygen atoms in total. The average molecular weight is 378 g/mol. The molecular weight excluding hydrogens is 362 g/mol. The first-order chi connectivity index (χ1) is 11.2. The quantitative estimate of drug-likeness (QED) is 0.420. The first-order valence-electron chi connectivity index (χ1n) is 6.87. The van der Waals surface area contributed by atoms with E-state index in [9.17, 15) is 4.79 Å². The number of rotatable bonds is 7. The highest BCUT2D eigenvalue weighted by Gasteiger charge is 2.03. The van der Waals surface area contributed by atoms with Gasteiger partial charge < -0.3 is 14.3 Å². The SMILES string of the molecule is COc1ccc(/C=N\OCC(=O)OCc2ccc(Br)cc2)cc1. The maximum absolute atomic E-state index is 11.5. The Balaban J connectivity index is 1.69. The molecule has 0 aliphatic carbocycles. The smallest absolute Gasteiger partial charge is 0.347 e. The summed E-state index contributed by atoms with van der Waals surface area (Å²) in [6.07, 6.45) is 1.52. The molecule has 0 unspecified atom stereocenters. The van der Waals surface area contributed by atoms with Gasteiger partial charge in [-0.3, -0.25) is 0 Å². The van der Waals surface area contributed by atoms with E-state index in [1.165, 1.54) is 6.21 Å². The second-order valence-electron chi connectivity index (χ2n) is 4.57. The highest BCUT2D eigenvalue weighted by Crippen LogP contribution is 2.11. The largest absolute Gasteiger partial charge is 0.497 e. The third-order valence-electron chi connectivity index (χ3n) is 2.89. The van der Waals surface area contributed by atoms with Crippen molar-refractivity contribution in [2.24, 2.45) is 5.16 Å². The lowest BCUT2D eigenvalue weighted by atomic mass is 10.2. The van der Waals surface area contributed by atoms with Gasteiger partial charge in [0.05, 0.1) is 13.3 Å². The lowest BCUT2D eigenvalue weighted by Crippen LogP contribution is -2.10. The molecular formula is C17H16BrNO4. The molecule has 0 aliphatic rings. The van der Waals surface area contributed by atoms with E-state index in [2.05, 4.69) is 21.1 Å². The molecule has 0 atom stereocenters. The van der Waals surface area contributed by atoms with Crippen molar-refractivity contribution >= 4 is 28.1 Å². The lowest BCUT2D eigenvalue weighted by Gasteiger charge is -2.04. The number of benzene rings is 2. The predicted molar refractivity (Wildman–Crippen MR) is 90.5 cm³/mol. The van der Waals surface area contributed by atoms with Crippen molar-refractivity contribution < 1.29 is 19.1 Å². The van der Waals surface area contributed by atoms with Crippen molar-refractivity contribution in [3.63, 3.8) is 0 Å². The van der Waals surface area contributed by atoms with Crippen LogP contribution in [-0.2, 0) is 21.0 Å². The molecule has 2 aromatic carbocycles. The molecule has 0 N–H and O–H groups in total. The van der Waals surface area contributed by atoms with Gasteiger partial charge in [-0.25, -0.2) is 4.79 Å². The molecule has 0 aliphatic heterocycles. The summed E-state index contributed by atoms with van der Waals surface area (Å²) < 4.78 is 11.1. The van der Waals surface area contributed by atoms with Gasteiger partial charge in [0, 0.05) is 4.47 Å². The minimum Gasteiger partial charge on any atom is -0.497 e. The van der Waals surface area contributed by atoms with E-state index < -0.39 is 5.97 Å². The van der Waals surface area contributed by atoms with Gasteiger partial charge in [0.1, 0.15) is 12.4 Å². The van der Waals surface area contributed by atoms with Gasteiger partial charge in [0.2, 0.25) is 6.61 Å². The normalized spacial score (nSPS) is 10.5. The number of carbonyl (C=O) groups excluding carboxylic acids is 1. The van der Waals surface area contributed by atoms with Crippen LogP contribution in [0.2, 0.25) is 0 Å². The van der Waals surface area contributed by atoms with Crippen LogP contribution in [0.5, 0.6) is 5.75 Å². The summed E-state index contributed by atoms with van der Waals surface area (Å²) in [7, 11) is 1.60. The van der Waals surface area contributed by atoms with E-state index in [0.29, 0.717) is 0 Å². The molecule has 2 aromatic rings. The Morgan fingerprint density at radius 1 is 1.13 bits per heavy atom. The average Bonchev–Trinajstić information content (AvgIpc) is 2.59. The number of nitrogens with zero attached hydrogens (tertiary/aromatic N) is 1. The molecule has 0 saturated carbocycles. The van der Waals surface area contributed by atoms with Crippen LogP contribution in [0.25, 0.3) is 0 Å². The number of hydrogen-bond donors (Lipinski definition) is 0. The first kappa shape index (κ1) is 17.0. The van der Waals surface area contributed by atoms with E-state index >= 15 is 0 Å². The number of methoxy groups -OCH3 is 1. The monoisotopic (exact) mass is 377 g/mol. The molecule has 0 radical (unpaired) electrons. The fourth-order valence-electron chi connectivity index (χ4n) is 1.66. The van der Waals surface area contributed by atoms with Crippen molar-refractivity contribution in [2.75, 3.05) is 13.7 Å². The molecule has 0 heterocycles. The van der Waals surface area contributed by atoms with Gasteiger partial charge in [-0.2, -0.15) is 0 Å². The second kappa shape index (κ2) is 8.95. The van der Waals surface area contributed by atoms with Crippen LogP contribution in [-0.4, -0.2) is 25.9 Å². The summed E-state index contributed by atoms with van der Waals surface area (Å²) in [5.74, 6) is 0.291. The number of oxime groups is 1. The van der Waals surface area contributed by atoms with Crippen LogP contribution in [0.3, 0.4) is 0 Å². The van der Waals surface area contributed by atoms with Crippen molar-refractivity contribution in [3.8, 4) is 5.75 Å². The van der Waals surface area contributed by atoms with E-state index in [4.69, 9.17) is 14.3 Å². The Hall–Kier alpha value is -2.34. The van der Waals surface area contributed by atoms with E-state index in [1.807, 2.05) is 48.5 Å². The summed E-state index contributed by atoms with van der Waals surface area (Å²) in [5.41, 5.74) is 1.75. The first-order valence-corrected chi connectivity index (χ1v) is 7.66. The van der Waals surface area contributed by atoms with Gasteiger partial charge in [-0.1, -0.05) is 33.2 Å². The van der Waals surface area contributed by atoms with E-state index in [1.54, 1.807) is 7.11 Å². The molecule has 0 bridgehead atoms. The third kappa shape index (κ3) is 6.12. The van der Waals surface area contributed by atoms with Crippen LogP contribution < -0.4 is 4.74 Å². The highest BCUT2D eigenvalue weighted by molar-refractivity contribution is 9.10. The topological polar surface area (TPSA) is 57.1 Å². The summed E-state index contributed by atoms with van der Waals surface area (Å²) in [4.78, 5) is 16.5. The van der Waals surface area contributed by atoms with Crippen molar-refractivity contribution in [3.05, 3.63) is 64.1 Å². The molecule has 0 spiro atoms. The molecule has 0 fully saturated rings. The van der Waals surface area contributed by atoms with Crippen LogP contribution in [0.4, 0.5) is 0 Å². The van der Waals surface area contributed by atoms with Gasteiger partial charge in [-0.05, 0) is 47.5 Å². The molecule has 0 aromatic heterocycles. The zero-order chi connectivity index (χ0) is 16.5. The number of halogens is 1. The Morgan fingerprint density at radius 3 is 2.48 bits per heavy atom. The van der Waals surface area contributed by atoms with E-state index in [0.717, 1.165) is 21.3 Å². The zero-order valence-electron chi connectivity index (χ0n) is 12.6. The fraction of sp³-hybridized carbons (Fsp3) is 0.176. The summed E-state index contributed by atoms with van der Waals surface area (Å²) in [5, 5.41) is 3.73. The maximum Gasteiger partial charge on any atom is 0.347 e. The van der Waals surface area contributed by atoms with Crippen LogP contribution in [0.15, 0.2) is 58.2 Å². The predicted octanol–water partition coefficient (Wildman–Crippen LogP) is 3.55. The van der Waals surface area contributed by atoms with Crippen LogP contribution >= 0.6 is 15.9 Å². The van der Waals surface area contributed by atoms with Crippen molar-refractivity contribution in [1.29, 1.82) is 0 Å². The minimum absolute atomic E-state index is 0.206. The highest BCUT2D eigenvalue weighted by atomic mass is 79.9. The van der Waals surface area contributed by atoms with Crippen molar-refractivity contribution in [1.82, 2.24) is 0 Å². The molecule has 120 valence electrons. The summed E-state index contributed by atoms with van der Waals surface area (Å²) in [6.45, 7) is -0.0269. The van der Waals surface area contributed by atoms with Gasteiger partial charge in [0.25, 0.3) is 0 Å². The minimum atomic E-state index is -0.472. The Kier molecular flexibility index (Phi) is 6.62. The lowest BCUT2D eigenvalue weighted by molar-refractivity contribution is -0.150. The molecule has 2 rings (SSSR count). The molecule has 6 heteroatoms. The second-order valence-corrected chi connectivity index (χ2v) is 5.48. The van der Waals surface area contributed by atoms with Crippen LogP contribution in [0, 0.1) is 0 Å². The molecule has 0 saturated heterocycles. The number of ether oxygens (including phenoxy) is 2. The zero-order valence-corrected chi connectivity index (χ0v) is 14.2. The summed E-state index contributed by atoms with van der Waals surface area (Å²) >= 11 is 3.34. The number of hydrogen-bond acceptors (Lipinski definition) is 5. The fourth-order valence-corrected chi connectivity index (χ4v) is 1.93.